The molecule has 22 heavy (non-hydrogen) atoms. The van der Waals surface area contributed by atoms with Gasteiger partial charge in [-0.15, -0.1) is 0 Å². The van der Waals surface area contributed by atoms with Crippen molar-refractivity contribution in [3.63, 3.8) is 0 Å². The maximum Gasteiger partial charge on any atom is 0.306 e. The Labute approximate surface area is 132 Å². The molecule has 6 heteroatoms. The number of ether oxygens (including phenoxy) is 1. The highest BCUT2D eigenvalue weighted by atomic mass is 16.5. The van der Waals surface area contributed by atoms with Gasteiger partial charge in [0, 0.05) is 13.0 Å². The van der Waals surface area contributed by atoms with E-state index in [9.17, 15) is 9.59 Å². The molecule has 126 valence electrons. The Kier molecular flexibility index (Phi) is 6.64. The molecule has 1 N–H and O–H groups in total. The van der Waals surface area contributed by atoms with Gasteiger partial charge in [-0.2, -0.15) is 0 Å². The van der Waals surface area contributed by atoms with Crippen LogP contribution in [0, 0.1) is 11.8 Å². The van der Waals surface area contributed by atoms with E-state index in [0.29, 0.717) is 38.3 Å². The van der Waals surface area contributed by atoms with Crippen LogP contribution >= 0.6 is 0 Å². The average Bonchev–Trinajstić information content (AvgIpc) is 2.50. The summed E-state index contributed by atoms with van der Waals surface area (Å²) < 4.78 is 5.34. The normalized spacial score (nSPS) is 22.6. The van der Waals surface area contributed by atoms with Crippen molar-refractivity contribution in [3.8, 4) is 0 Å². The number of nitrogens with zero attached hydrogens (tertiary/aromatic N) is 2. The fourth-order valence-electron chi connectivity index (χ4n) is 3.25. The fourth-order valence-corrected chi connectivity index (χ4v) is 3.25. The van der Waals surface area contributed by atoms with Crippen LogP contribution in [0.2, 0.25) is 0 Å². The number of likely N-dealkylation sites (tertiary alicyclic amines) is 2. The van der Waals surface area contributed by atoms with Crippen LogP contribution in [0.15, 0.2) is 0 Å². The van der Waals surface area contributed by atoms with Gasteiger partial charge in [0.15, 0.2) is 0 Å². The van der Waals surface area contributed by atoms with Gasteiger partial charge in [-0.1, -0.05) is 0 Å². The molecule has 0 atom stereocenters. The second kappa shape index (κ2) is 8.48. The van der Waals surface area contributed by atoms with Crippen molar-refractivity contribution in [2.45, 2.75) is 32.1 Å². The van der Waals surface area contributed by atoms with Crippen LogP contribution in [-0.4, -0.2) is 73.2 Å². The van der Waals surface area contributed by atoms with Crippen molar-refractivity contribution in [3.05, 3.63) is 0 Å². The van der Waals surface area contributed by atoms with Gasteiger partial charge in [0.25, 0.3) is 0 Å². The van der Waals surface area contributed by atoms with Crippen LogP contribution < -0.4 is 0 Å². The predicted octanol–water partition coefficient (Wildman–Crippen LogP) is 1.06. The van der Waals surface area contributed by atoms with Gasteiger partial charge in [-0.25, -0.2) is 0 Å². The standard InChI is InChI=1S/C16H28N2O4/c1-17-6-2-13(3-7-17)12-15(19)22-11-10-18-8-4-14(5-9-18)16(20)21/h13-14H,2-12H2,1H3,(H,20,21). The summed E-state index contributed by atoms with van der Waals surface area (Å²) >= 11 is 0. The number of hydrogen-bond donors (Lipinski definition) is 1. The Bertz CT molecular complexity index is 372. The lowest BCUT2D eigenvalue weighted by atomic mass is 9.94. The lowest BCUT2D eigenvalue weighted by molar-refractivity contribution is -0.145. The van der Waals surface area contributed by atoms with Gasteiger partial charge >= 0.3 is 11.9 Å². The summed E-state index contributed by atoms with van der Waals surface area (Å²) in [5, 5.41) is 8.95. The highest BCUT2D eigenvalue weighted by molar-refractivity contribution is 5.70. The minimum atomic E-state index is -0.691. The summed E-state index contributed by atoms with van der Waals surface area (Å²) in [5.41, 5.74) is 0. The Balaban J connectivity index is 1.55. The number of piperidine rings is 2. The lowest BCUT2D eigenvalue weighted by Gasteiger charge is -2.30. The summed E-state index contributed by atoms with van der Waals surface area (Å²) in [6.45, 7) is 4.83. The van der Waals surface area contributed by atoms with Crippen LogP contribution in [0.3, 0.4) is 0 Å². The summed E-state index contributed by atoms with van der Waals surface area (Å²) in [4.78, 5) is 27.2. The molecule has 2 heterocycles. The zero-order valence-electron chi connectivity index (χ0n) is 13.5. The van der Waals surface area contributed by atoms with Crippen LogP contribution in [0.5, 0.6) is 0 Å². The van der Waals surface area contributed by atoms with E-state index in [-0.39, 0.29) is 11.9 Å². The van der Waals surface area contributed by atoms with E-state index in [1.165, 1.54) is 0 Å². The Hall–Kier alpha value is -1.14. The van der Waals surface area contributed by atoms with Gasteiger partial charge in [0.1, 0.15) is 6.61 Å². The Morgan fingerprint density at radius 1 is 1.09 bits per heavy atom. The van der Waals surface area contributed by atoms with Gasteiger partial charge in [-0.05, 0) is 64.8 Å². The summed E-state index contributed by atoms with van der Waals surface area (Å²) in [5.74, 6) is -0.516. The van der Waals surface area contributed by atoms with E-state index in [2.05, 4.69) is 16.8 Å². The lowest BCUT2D eigenvalue weighted by Crippen LogP contribution is -2.38. The first-order chi connectivity index (χ1) is 10.5. The monoisotopic (exact) mass is 312 g/mol. The summed E-state index contributed by atoms with van der Waals surface area (Å²) in [7, 11) is 2.11. The summed E-state index contributed by atoms with van der Waals surface area (Å²) in [6, 6.07) is 0. The van der Waals surface area contributed by atoms with Crippen LogP contribution in [-0.2, 0) is 14.3 Å². The van der Waals surface area contributed by atoms with Crippen molar-refractivity contribution in [2.75, 3.05) is 46.4 Å². The van der Waals surface area contributed by atoms with Crippen molar-refractivity contribution >= 4 is 11.9 Å². The van der Waals surface area contributed by atoms with E-state index in [0.717, 1.165) is 39.0 Å². The molecule has 0 aliphatic carbocycles. The van der Waals surface area contributed by atoms with Crippen LogP contribution in [0.4, 0.5) is 0 Å². The third kappa shape index (κ3) is 5.57. The van der Waals surface area contributed by atoms with Gasteiger partial charge in [-0.3, -0.25) is 14.5 Å². The molecule has 0 aromatic carbocycles. The highest BCUT2D eigenvalue weighted by Gasteiger charge is 2.24. The van der Waals surface area contributed by atoms with E-state index in [1.807, 2.05) is 0 Å². The smallest absolute Gasteiger partial charge is 0.306 e. The molecule has 2 aliphatic heterocycles. The quantitative estimate of drug-likeness (QED) is 0.740. The van der Waals surface area contributed by atoms with Crippen molar-refractivity contribution < 1.29 is 19.4 Å². The zero-order chi connectivity index (χ0) is 15.9. The Morgan fingerprint density at radius 3 is 2.32 bits per heavy atom. The van der Waals surface area contributed by atoms with Gasteiger partial charge < -0.3 is 14.7 Å². The average molecular weight is 312 g/mol. The molecule has 6 nitrogen and oxygen atoms in total. The van der Waals surface area contributed by atoms with Gasteiger partial charge in [0.2, 0.25) is 0 Å². The first-order valence-corrected chi connectivity index (χ1v) is 8.34. The predicted molar refractivity (Wildman–Crippen MR) is 82.6 cm³/mol. The Morgan fingerprint density at radius 2 is 1.73 bits per heavy atom. The fraction of sp³-hybridized carbons (Fsp3) is 0.875. The second-order valence-corrected chi connectivity index (χ2v) is 6.63. The van der Waals surface area contributed by atoms with Crippen molar-refractivity contribution in [1.82, 2.24) is 9.80 Å². The van der Waals surface area contributed by atoms with Crippen molar-refractivity contribution in [2.24, 2.45) is 11.8 Å². The molecule has 0 saturated carbocycles. The number of carboxylic acid groups (broad SMARTS) is 1. The highest BCUT2D eigenvalue weighted by Crippen LogP contribution is 2.20. The van der Waals surface area contributed by atoms with E-state index >= 15 is 0 Å². The largest absolute Gasteiger partial charge is 0.481 e. The molecule has 2 rings (SSSR count). The molecule has 0 unspecified atom stereocenters. The molecular weight excluding hydrogens is 284 g/mol. The minimum absolute atomic E-state index is 0.0880. The first-order valence-electron chi connectivity index (χ1n) is 8.34. The third-order valence-electron chi connectivity index (χ3n) is 4.90. The number of aliphatic carboxylic acids is 1. The molecule has 0 aromatic rings. The first kappa shape index (κ1) is 17.2. The van der Waals surface area contributed by atoms with E-state index in [1.54, 1.807) is 0 Å². The van der Waals surface area contributed by atoms with Crippen LogP contribution in [0.1, 0.15) is 32.1 Å². The number of esters is 1. The molecule has 0 amide bonds. The number of rotatable bonds is 6. The van der Waals surface area contributed by atoms with Crippen molar-refractivity contribution in [1.29, 1.82) is 0 Å². The molecule has 2 aliphatic rings. The number of carbonyl (C=O) groups excluding carboxylic acids is 1. The SMILES string of the molecule is CN1CCC(CC(=O)OCCN2CCC(C(=O)O)CC2)CC1. The summed E-state index contributed by atoms with van der Waals surface area (Å²) in [6.07, 6.45) is 4.08. The molecule has 0 radical (unpaired) electrons. The van der Waals surface area contributed by atoms with Gasteiger partial charge in [0.05, 0.1) is 5.92 Å². The minimum Gasteiger partial charge on any atom is -0.481 e. The number of carboxylic acids is 1. The number of carbonyl (C=O) groups is 2. The molecule has 2 saturated heterocycles. The molecule has 0 bridgehead atoms. The maximum atomic E-state index is 11.8. The topological polar surface area (TPSA) is 70.1 Å². The van der Waals surface area contributed by atoms with E-state index < -0.39 is 5.97 Å². The zero-order valence-corrected chi connectivity index (χ0v) is 13.5. The van der Waals surface area contributed by atoms with Crippen LogP contribution in [0.25, 0.3) is 0 Å². The molecular formula is C16H28N2O4. The second-order valence-electron chi connectivity index (χ2n) is 6.63. The van der Waals surface area contributed by atoms with E-state index in [4.69, 9.17) is 9.84 Å². The maximum absolute atomic E-state index is 11.8. The molecule has 0 spiro atoms. The third-order valence-corrected chi connectivity index (χ3v) is 4.90. The molecule has 0 aromatic heterocycles. The molecule has 2 fully saturated rings. The number of hydrogen-bond acceptors (Lipinski definition) is 5.